The number of anilines is 1. The minimum atomic E-state index is -3.86. The van der Waals surface area contributed by atoms with Crippen molar-refractivity contribution < 1.29 is 18.0 Å². The van der Waals surface area contributed by atoms with E-state index in [2.05, 4.69) is 5.32 Å². The standard InChI is InChI=1S/C24H31Cl2N3O4S/c1-4-6-12-27-24(31)22(5-2)28(16-18-10-8-7-9-11-18)23(30)17-29(34(3,32)33)21-14-19(25)13-20(26)15-21/h7-11,13-15,22H,4-6,12,16-17H2,1-3H3,(H,27,31). The molecule has 0 saturated heterocycles. The van der Waals surface area contributed by atoms with E-state index in [1.807, 2.05) is 44.2 Å². The molecule has 0 bridgehead atoms. The Bertz CT molecular complexity index is 1060. The lowest BCUT2D eigenvalue weighted by Crippen LogP contribution is -2.52. The fourth-order valence-corrected chi connectivity index (χ4v) is 4.85. The van der Waals surface area contributed by atoms with E-state index < -0.39 is 28.5 Å². The summed E-state index contributed by atoms with van der Waals surface area (Å²) in [6.45, 7) is 4.01. The maximum absolute atomic E-state index is 13.6. The molecule has 186 valence electrons. The summed E-state index contributed by atoms with van der Waals surface area (Å²) in [5, 5.41) is 3.37. The molecule has 2 amide bonds. The van der Waals surface area contributed by atoms with Gasteiger partial charge in [-0.1, -0.05) is 73.8 Å². The highest BCUT2D eigenvalue weighted by molar-refractivity contribution is 7.92. The van der Waals surface area contributed by atoms with Crippen LogP contribution in [0.15, 0.2) is 48.5 Å². The molecular formula is C24H31Cl2N3O4S. The number of sulfonamides is 1. The lowest BCUT2D eigenvalue weighted by Gasteiger charge is -2.33. The van der Waals surface area contributed by atoms with E-state index in [0.717, 1.165) is 29.0 Å². The third-order valence-corrected chi connectivity index (χ3v) is 6.80. The number of unbranched alkanes of at least 4 members (excludes halogenated alkanes) is 1. The molecule has 10 heteroatoms. The Labute approximate surface area is 212 Å². The van der Waals surface area contributed by atoms with Crippen molar-refractivity contribution in [3.8, 4) is 0 Å². The fraction of sp³-hybridized carbons (Fsp3) is 0.417. The third kappa shape index (κ3) is 8.18. The van der Waals surface area contributed by atoms with Crippen molar-refractivity contribution >= 4 is 50.7 Å². The SMILES string of the molecule is CCCCNC(=O)C(CC)N(Cc1ccccc1)C(=O)CN(c1cc(Cl)cc(Cl)c1)S(C)(=O)=O. The number of halogens is 2. The van der Waals surface area contributed by atoms with Crippen molar-refractivity contribution in [1.82, 2.24) is 10.2 Å². The van der Waals surface area contributed by atoms with Gasteiger partial charge in [-0.25, -0.2) is 8.42 Å². The number of rotatable bonds is 12. The predicted octanol–water partition coefficient (Wildman–Crippen LogP) is 4.48. The molecule has 1 unspecified atom stereocenters. The molecule has 0 heterocycles. The maximum atomic E-state index is 13.6. The van der Waals surface area contributed by atoms with Gasteiger partial charge in [-0.3, -0.25) is 13.9 Å². The fourth-order valence-electron chi connectivity index (χ4n) is 3.50. The maximum Gasteiger partial charge on any atom is 0.244 e. The van der Waals surface area contributed by atoms with Crippen LogP contribution in [0, 0.1) is 0 Å². The van der Waals surface area contributed by atoms with Crippen LogP contribution in [-0.2, 0) is 26.2 Å². The normalized spacial score (nSPS) is 12.1. The lowest BCUT2D eigenvalue weighted by atomic mass is 10.1. The number of hydrogen-bond acceptors (Lipinski definition) is 4. The summed E-state index contributed by atoms with van der Waals surface area (Å²) in [6.07, 6.45) is 3.13. The summed E-state index contributed by atoms with van der Waals surface area (Å²) in [7, 11) is -3.86. The van der Waals surface area contributed by atoms with Gasteiger partial charge in [-0.15, -0.1) is 0 Å². The zero-order valence-corrected chi connectivity index (χ0v) is 22.0. The number of benzene rings is 2. The Morgan fingerprint density at radius 3 is 2.18 bits per heavy atom. The average Bonchev–Trinajstić information content (AvgIpc) is 2.76. The molecule has 2 aromatic carbocycles. The molecule has 0 radical (unpaired) electrons. The quantitative estimate of drug-likeness (QED) is 0.412. The van der Waals surface area contributed by atoms with Crippen LogP contribution in [0.1, 0.15) is 38.7 Å². The highest BCUT2D eigenvalue weighted by Crippen LogP contribution is 2.27. The number of carbonyl (C=O) groups is 2. The minimum absolute atomic E-state index is 0.160. The van der Waals surface area contributed by atoms with Gasteiger partial charge in [0.15, 0.2) is 0 Å². The third-order valence-electron chi connectivity index (χ3n) is 5.23. The van der Waals surface area contributed by atoms with Crippen LogP contribution >= 0.6 is 23.2 Å². The number of nitrogens with one attached hydrogen (secondary N) is 1. The van der Waals surface area contributed by atoms with Crippen LogP contribution in [0.4, 0.5) is 5.69 Å². The first-order chi connectivity index (χ1) is 16.1. The molecule has 0 aliphatic carbocycles. The van der Waals surface area contributed by atoms with Gasteiger partial charge >= 0.3 is 0 Å². The van der Waals surface area contributed by atoms with Gasteiger partial charge in [0, 0.05) is 23.1 Å². The van der Waals surface area contributed by atoms with E-state index in [0.29, 0.717) is 13.0 Å². The molecule has 1 atom stereocenters. The number of nitrogens with zero attached hydrogens (tertiary/aromatic N) is 2. The highest BCUT2D eigenvalue weighted by atomic mass is 35.5. The second-order valence-electron chi connectivity index (χ2n) is 7.97. The second-order valence-corrected chi connectivity index (χ2v) is 10.8. The van der Waals surface area contributed by atoms with E-state index in [9.17, 15) is 18.0 Å². The minimum Gasteiger partial charge on any atom is -0.354 e. The summed E-state index contributed by atoms with van der Waals surface area (Å²) < 4.78 is 26.2. The first-order valence-corrected chi connectivity index (χ1v) is 13.7. The van der Waals surface area contributed by atoms with Crippen LogP contribution in [-0.4, -0.2) is 50.5 Å². The van der Waals surface area contributed by atoms with Gasteiger partial charge in [-0.2, -0.15) is 0 Å². The molecule has 1 N–H and O–H groups in total. The van der Waals surface area contributed by atoms with Crippen molar-refractivity contribution in [2.24, 2.45) is 0 Å². The van der Waals surface area contributed by atoms with Gasteiger partial charge in [0.05, 0.1) is 11.9 Å². The predicted molar refractivity (Wildman–Crippen MR) is 138 cm³/mol. The average molecular weight is 529 g/mol. The van der Waals surface area contributed by atoms with Crippen molar-refractivity contribution in [2.75, 3.05) is 23.7 Å². The zero-order valence-electron chi connectivity index (χ0n) is 19.6. The van der Waals surface area contributed by atoms with Gasteiger partial charge in [0.25, 0.3) is 0 Å². The van der Waals surface area contributed by atoms with Crippen LogP contribution in [0.5, 0.6) is 0 Å². The van der Waals surface area contributed by atoms with Crippen LogP contribution < -0.4 is 9.62 Å². The highest BCUT2D eigenvalue weighted by Gasteiger charge is 2.31. The molecule has 7 nitrogen and oxygen atoms in total. The van der Waals surface area contributed by atoms with Crippen molar-refractivity contribution in [2.45, 2.75) is 45.7 Å². The van der Waals surface area contributed by atoms with E-state index >= 15 is 0 Å². The topological polar surface area (TPSA) is 86.8 Å². The van der Waals surface area contributed by atoms with Crippen molar-refractivity contribution in [1.29, 1.82) is 0 Å². The number of amides is 2. The lowest BCUT2D eigenvalue weighted by molar-refractivity contribution is -0.140. The van der Waals surface area contributed by atoms with Crippen molar-refractivity contribution in [3.05, 3.63) is 64.1 Å². The summed E-state index contributed by atoms with van der Waals surface area (Å²) in [6, 6.07) is 12.8. The van der Waals surface area contributed by atoms with Gasteiger partial charge in [-0.05, 0) is 36.6 Å². The molecule has 2 aromatic rings. The Morgan fingerprint density at radius 1 is 1.03 bits per heavy atom. The summed E-state index contributed by atoms with van der Waals surface area (Å²) in [5.74, 6) is -0.778. The van der Waals surface area contributed by atoms with E-state index in [4.69, 9.17) is 23.2 Å². The monoisotopic (exact) mass is 527 g/mol. The Morgan fingerprint density at radius 2 is 1.65 bits per heavy atom. The van der Waals surface area contributed by atoms with Gasteiger partial charge in [0.2, 0.25) is 21.8 Å². The summed E-state index contributed by atoms with van der Waals surface area (Å²) in [5.41, 5.74) is 1.00. The smallest absolute Gasteiger partial charge is 0.244 e. The zero-order chi connectivity index (χ0) is 25.3. The summed E-state index contributed by atoms with van der Waals surface area (Å²) >= 11 is 12.1. The molecule has 0 fully saturated rings. The first kappa shape index (κ1) is 28.0. The molecule has 0 aromatic heterocycles. The van der Waals surface area contributed by atoms with Crippen molar-refractivity contribution in [3.63, 3.8) is 0 Å². The number of hydrogen-bond donors (Lipinski definition) is 1. The van der Waals surface area contributed by atoms with E-state index in [1.54, 1.807) is 0 Å². The van der Waals surface area contributed by atoms with Crippen LogP contribution in [0.2, 0.25) is 10.0 Å². The largest absolute Gasteiger partial charge is 0.354 e. The molecule has 0 saturated carbocycles. The van der Waals surface area contributed by atoms with Gasteiger partial charge < -0.3 is 10.2 Å². The molecule has 0 spiro atoms. The Kier molecular flexibility index (Phi) is 10.7. The Hall–Kier alpha value is -2.29. The molecule has 2 rings (SSSR count). The van der Waals surface area contributed by atoms with E-state index in [1.165, 1.54) is 23.1 Å². The molecule has 34 heavy (non-hydrogen) atoms. The molecular weight excluding hydrogens is 497 g/mol. The first-order valence-electron chi connectivity index (χ1n) is 11.1. The number of carbonyl (C=O) groups excluding carboxylic acids is 2. The van der Waals surface area contributed by atoms with Crippen LogP contribution in [0.25, 0.3) is 0 Å². The summed E-state index contributed by atoms with van der Waals surface area (Å²) in [4.78, 5) is 27.9. The van der Waals surface area contributed by atoms with E-state index in [-0.39, 0.29) is 28.2 Å². The molecule has 0 aliphatic heterocycles. The Balaban J connectivity index is 2.40. The second kappa shape index (κ2) is 13.0. The van der Waals surface area contributed by atoms with Gasteiger partial charge in [0.1, 0.15) is 12.6 Å². The molecule has 0 aliphatic rings. The van der Waals surface area contributed by atoms with Crippen LogP contribution in [0.3, 0.4) is 0 Å².